The van der Waals surface area contributed by atoms with E-state index >= 15 is 0 Å². The van der Waals surface area contributed by atoms with Crippen LogP contribution < -0.4 is 4.72 Å². The van der Waals surface area contributed by atoms with Crippen molar-refractivity contribution in [1.29, 1.82) is 0 Å². The molecular weight excluding hydrogens is 302 g/mol. The minimum absolute atomic E-state index is 0.0405. The van der Waals surface area contributed by atoms with Crippen molar-refractivity contribution >= 4 is 21.7 Å². The maximum absolute atomic E-state index is 12.4. The predicted octanol–water partition coefficient (Wildman–Crippen LogP) is 3.11. The molecule has 2 aromatic rings. The smallest absolute Gasteiger partial charge is 0.338 e. The molecule has 0 unspecified atom stereocenters. The molecule has 0 saturated heterocycles. The summed E-state index contributed by atoms with van der Waals surface area (Å²) < 4.78 is 27.2. The van der Waals surface area contributed by atoms with E-state index in [0.29, 0.717) is 5.56 Å². The zero-order valence-electron chi connectivity index (χ0n) is 12.5. The van der Waals surface area contributed by atoms with E-state index < -0.39 is 16.0 Å². The number of hydrogen-bond donors (Lipinski definition) is 2. The molecule has 22 heavy (non-hydrogen) atoms. The quantitative estimate of drug-likeness (QED) is 0.907. The van der Waals surface area contributed by atoms with Crippen LogP contribution in [0.25, 0.3) is 0 Å². The Bertz CT molecular complexity index is 824. The standard InChI is InChI=1S/C16H17NO4S/c1-10-4-6-13(7-5-10)22(20,21)17-14-9-11(2)8-12(3)15(14)16(18)19/h4-9,17H,1-3H3,(H,18,19). The Balaban J connectivity index is 2.50. The van der Waals surface area contributed by atoms with Crippen molar-refractivity contribution < 1.29 is 18.3 Å². The third-order valence-corrected chi connectivity index (χ3v) is 4.65. The second-order valence-electron chi connectivity index (χ2n) is 5.23. The molecule has 0 amide bonds. The summed E-state index contributed by atoms with van der Waals surface area (Å²) in [6, 6.07) is 9.57. The van der Waals surface area contributed by atoms with Crippen LogP contribution in [-0.4, -0.2) is 19.5 Å². The maximum Gasteiger partial charge on any atom is 0.338 e. The number of rotatable bonds is 4. The van der Waals surface area contributed by atoms with Gasteiger partial charge in [0.2, 0.25) is 0 Å². The van der Waals surface area contributed by atoms with Gasteiger partial charge in [-0.15, -0.1) is 0 Å². The summed E-state index contributed by atoms with van der Waals surface area (Å²) in [5.41, 5.74) is 2.27. The van der Waals surface area contributed by atoms with E-state index in [-0.39, 0.29) is 16.1 Å². The van der Waals surface area contributed by atoms with Gasteiger partial charge in [-0.1, -0.05) is 23.8 Å². The van der Waals surface area contributed by atoms with Crippen molar-refractivity contribution in [3.8, 4) is 0 Å². The number of carbonyl (C=O) groups is 1. The van der Waals surface area contributed by atoms with Crippen LogP contribution in [0.4, 0.5) is 5.69 Å². The van der Waals surface area contributed by atoms with E-state index in [4.69, 9.17) is 0 Å². The minimum atomic E-state index is -3.83. The van der Waals surface area contributed by atoms with Crippen molar-refractivity contribution in [3.05, 3.63) is 58.7 Å². The summed E-state index contributed by atoms with van der Waals surface area (Å²) in [6.45, 7) is 5.28. The molecule has 2 N–H and O–H groups in total. The molecular formula is C16H17NO4S. The fourth-order valence-electron chi connectivity index (χ4n) is 2.25. The fraction of sp³-hybridized carbons (Fsp3) is 0.188. The molecule has 0 fully saturated rings. The molecule has 6 heteroatoms. The highest BCUT2D eigenvalue weighted by atomic mass is 32.2. The van der Waals surface area contributed by atoms with Gasteiger partial charge in [-0.05, 0) is 50.1 Å². The molecule has 0 aliphatic heterocycles. The Morgan fingerprint density at radius 2 is 1.59 bits per heavy atom. The number of hydrogen-bond acceptors (Lipinski definition) is 3. The van der Waals surface area contributed by atoms with Gasteiger partial charge in [0.05, 0.1) is 16.1 Å². The van der Waals surface area contributed by atoms with Gasteiger partial charge in [-0.25, -0.2) is 13.2 Å². The number of nitrogens with one attached hydrogen (secondary N) is 1. The monoisotopic (exact) mass is 319 g/mol. The first kappa shape index (κ1) is 16.0. The number of carboxylic acids is 1. The van der Waals surface area contributed by atoms with Gasteiger partial charge in [-0.3, -0.25) is 4.72 Å². The van der Waals surface area contributed by atoms with Crippen molar-refractivity contribution in [2.24, 2.45) is 0 Å². The van der Waals surface area contributed by atoms with Crippen LogP contribution in [0, 0.1) is 20.8 Å². The third-order valence-electron chi connectivity index (χ3n) is 3.27. The van der Waals surface area contributed by atoms with Crippen molar-refractivity contribution in [3.63, 3.8) is 0 Å². The van der Waals surface area contributed by atoms with E-state index in [0.717, 1.165) is 11.1 Å². The van der Waals surface area contributed by atoms with Crippen molar-refractivity contribution in [2.45, 2.75) is 25.7 Å². The summed E-state index contributed by atoms with van der Waals surface area (Å²) in [6.07, 6.45) is 0. The van der Waals surface area contributed by atoms with Gasteiger partial charge >= 0.3 is 5.97 Å². The molecule has 0 radical (unpaired) electrons. The molecule has 5 nitrogen and oxygen atoms in total. The van der Waals surface area contributed by atoms with Crippen molar-refractivity contribution in [2.75, 3.05) is 4.72 Å². The lowest BCUT2D eigenvalue weighted by atomic mass is 10.0. The Hall–Kier alpha value is -2.34. The van der Waals surface area contributed by atoms with Gasteiger partial charge in [0.1, 0.15) is 0 Å². The summed E-state index contributed by atoms with van der Waals surface area (Å²) in [5.74, 6) is -1.17. The summed E-state index contributed by atoms with van der Waals surface area (Å²) in [5, 5.41) is 9.31. The number of anilines is 1. The molecule has 2 rings (SSSR count). The van der Waals surface area contributed by atoms with E-state index in [1.807, 2.05) is 6.92 Å². The van der Waals surface area contributed by atoms with Gasteiger partial charge in [0, 0.05) is 0 Å². The molecule has 0 spiro atoms. The Kier molecular flexibility index (Phi) is 4.23. The highest BCUT2D eigenvalue weighted by Gasteiger charge is 2.20. The highest BCUT2D eigenvalue weighted by Crippen LogP contribution is 2.25. The summed E-state index contributed by atoms with van der Waals surface area (Å²) >= 11 is 0. The normalized spacial score (nSPS) is 11.2. The molecule has 0 bridgehead atoms. The zero-order valence-corrected chi connectivity index (χ0v) is 13.4. The Morgan fingerprint density at radius 3 is 2.14 bits per heavy atom. The van der Waals surface area contributed by atoms with Crippen LogP contribution in [0.15, 0.2) is 41.3 Å². The third kappa shape index (κ3) is 3.28. The first-order valence-electron chi connectivity index (χ1n) is 6.65. The fourth-order valence-corrected chi connectivity index (χ4v) is 3.32. The van der Waals surface area contributed by atoms with Crippen LogP contribution in [0.1, 0.15) is 27.0 Å². The van der Waals surface area contributed by atoms with E-state index in [2.05, 4.69) is 4.72 Å². The van der Waals surface area contributed by atoms with Crippen LogP contribution in [0.3, 0.4) is 0 Å². The summed E-state index contributed by atoms with van der Waals surface area (Å²) in [7, 11) is -3.83. The lowest BCUT2D eigenvalue weighted by molar-refractivity contribution is 0.0697. The second kappa shape index (κ2) is 5.81. The average Bonchev–Trinajstić information content (AvgIpc) is 2.37. The van der Waals surface area contributed by atoms with E-state index in [9.17, 15) is 18.3 Å². The highest BCUT2D eigenvalue weighted by molar-refractivity contribution is 7.92. The van der Waals surface area contributed by atoms with Gasteiger partial charge in [0.15, 0.2) is 0 Å². The van der Waals surface area contributed by atoms with E-state index in [1.54, 1.807) is 32.0 Å². The van der Waals surface area contributed by atoms with Crippen LogP contribution in [-0.2, 0) is 10.0 Å². The first-order chi connectivity index (χ1) is 10.2. The number of carboxylic acid groups (broad SMARTS) is 1. The number of sulfonamides is 1. The number of aromatic carboxylic acids is 1. The van der Waals surface area contributed by atoms with Crippen LogP contribution in [0.5, 0.6) is 0 Å². The predicted molar refractivity (Wildman–Crippen MR) is 84.9 cm³/mol. The van der Waals surface area contributed by atoms with Crippen molar-refractivity contribution in [1.82, 2.24) is 0 Å². The lowest BCUT2D eigenvalue weighted by Gasteiger charge is -2.13. The van der Waals surface area contributed by atoms with Gasteiger partial charge in [0.25, 0.3) is 10.0 Å². The molecule has 2 aromatic carbocycles. The number of aryl methyl sites for hydroxylation is 3. The molecule has 0 saturated carbocycles. The molecule has 116 valence electrons. The topological polar surface area (TPSA) is 83.5 Å². The molecule has 0 atom stereocenters. The first-order valence-corrected chi connectivity index (χ1v) is 8.13. The second-order valence-corrected chi connectivity index (χ2v) is 6.91. The minimum Gasteiger partial charge on any atom is -0.478 e. The molecule has 0 aromatic heterocycles. The molecule has 0 aliphatic rings. The molecule has 0 aliphatic carbocycles. The largest absolute Gasteiger partial charge is 0.478 e. The Morgan fingerprint density at radius 1 is 1.00 bits per heavy atom. The van der Waals surface area contributed by atoms with Gasteiger partial charge in [-0.2, -0.15) is 0 Å². The SMILES string of the molecule is Cc1ccc(S(=O)(=O)Nc2cc(C)cc(C)c2C(=O)O)cc1. The maximum atomic E-state index is 12.4. The lowest BCUT2D eigenvalue weighted by Crippen LogP contribution is -2.16. The van der Waals surface area contributed by atoms with Gasteiger partial charge < -0.3 is 5.11 Å². The van der Waals surface area contributed by atoms with Crippen LogP contribution in [0.2, 0.25) is 0 Å². The number of benzene rings is 2. The van der Waals surface area contributed by atoms with Crippen LogP contribution >= 0.6 is 0 Å². The average molecular weight is 319 g/mol. The van der Waals surface area contributed by atoms with E-state index in [1.165, 1.54) is 18.2 Å². The Labute approximate surface area is 129 Å². The zero-order chi connectivity index (χ0) is 16.5. The summed E-state index contributed by atoms with van der Waals surface area (Å²) in [4.78, 5) is 11.5. The molecule has 0 heterocycles.